The Hall–Kier alpha value is -2.43. The number of carbonyl (C=O) groups is 1. The van der Waals surface area contributed by atoms with Crippen LogP contribution in [-0.2, 0) is 6.54 Å². The summed E-state index contributed by atoms with van der Waals surface area (Å²) < 4.78 is 10.6. The first-order valence-corrected chi connectivity index (χ1v) is 6.83. The quantitative estimate of drug-likeness (QED) is 0.859. The topological polar surface area (TPSA) is 68.7 Å². The summed E-state index contributed by atoms with van der Waals surface area (Å²) in [7, 11) is 1.75. The van der Waals surface area contributed by atoms with Crippen molar-refractivity contribution in [3.05, 3.63) is 47.4 Å². The average Bonchev–Trinajstić information content (AvgIpc) is 2.86. The van der Waals surface area contributed by atoms with E-state index in [1.165, 1.54) is 0 Å². The zero-order chi connectivity index (χ0) is 15.4. The fourth-order valence-corrected chi connectivity index (χ4v) is 2.09. The largest absolute Gasteiger partial charge is 0.492 e. The molecular formula is C16H20N2O3. The number of nitrogen functional groups attached to an aromatic ring is 1. The zero-order valence-electron chi connectivity index (χ0n) is 12.6. The highest BCUT2D eigenvalue weighted by Crippen LogP contribution is 2.23. The maximum Gasteiger partial charge on any atom is 0.253 e. The lowest BCUT2D eigenvalue weighted by atomic mass is 10.1. The molecule has 1 aromatic carbocycles. The van der Waals surface area contributed by atoms with E-state index in [-0.39, 0.29) is 5.91 Å². The van der Waals surface area contributed by atoms with E-state index in [2.05, 4.69) is 0 Å². The summed E-state index contributed by atoms with van der Waals surface area (Å²) in [6, 6.07) is 6.96. The molecule has 0 bridgehead atoms. The minimum Gasteiger partial charge on any atom is -0.492 e. The van der Waals surface area contributed by atoms with Gasteiger partial charge in [0, 0.05) is 24.7 Å². The van der Waals surface area contributed by atoms with Gasteiger partial charge in [0.25, 0.3) is 5.91 Å². The van der Waals surface area contributed by atoms with Crippen LogP contribution >= 0.6 is 0 Å². The predicted molar refractivity (Wildman–Crippen MR) is 81.3 cm³/mol. The molecule has 1 amide bonds. The summed E-state index contributed by atoms with van der Waals surface area (Å²) in [5, 5.41) is 0. The third-order valence-corrected chi connectivity index (χ3v) is 3.28. The molecule has 0 radical (unpaired) electrons. The fourth-order valence-electron chi connectivity index (χ4n) is 2.09. The zero-order valence-corrected chi connectivity index (χ0v) is 12.6. The first-order valence-electron chi connectivity index (χ1n) is 6.83. The van der Waals surface area contributed by atoms with E-state index in [4.69, 9.17) is 14.9 Å². The van der Waals surface area contributed by atoms with E-state index in [9.17, 15) is 4.79 Å². The molecule has 2 N–H and O–H groups in total. The molecule has 0 atom stereocenters. The number of carbonyl (C=O) groups excluding carboxylic acids is 1. The SMILES string of the molecule is CCOc1ccc(C(=O)N(C)Cc2ccoc2C)cc1N. The van der Waals surface area contributed by atoms with Crippen molar-refractivity contribution >= 4 is 11.6 Å². The lowest BCUT2D eigenvalue weighted by Gasteiger charge is -2.17. The number of aryl methyl sites for hydroxylation is 1. The van der Waals surface area contributed by atoms with Gasteiger partial charge in [-0.2, -0.15) is 0 Å². The maximum absolute atomic E-state index is 12.4. The van der Waals surface area contributed by atoms with Crippen molar-refractivity contribution in [2.24, 2.45) is 0 Å². The molecule has 5 heteroatoms. The Morgan fingerprint density at radius 1 is 1.38 bits per heavy atom. The second-order valence-electron chi connectivity index (χ2n) is 4.85. The molecule has 0 aliphatic rings. The van der Waals surface area contributed by atoms with Gasteiger partial charge >= 0.3 is 0 Å². The van der Waals surface area contributed by atoms with Crippen molar-refractivity contribution in [1.29, 1.82) is 0 Å². The predicted octanol–water partition coefficient (Wildman–Crippen LogP) is 2.84. The summed E-state index contributed by atoms with van der Waals surface area (Å²) in [5.41, 5.74) is 7.89. The third-order valence-electron chi connectivity index (χ3n) is 3.28. The van der Waals surface area contributed by atoms with Crippen LogP contribution in [0.4, 0.5) is 5.69 Å². The van der Waals surface area contributed by atoms with Crippen LogP contribution in [0.15, 0.2) is 34.9 Å². The second-order valence-corrected chi connectivity index (χ2v) is 4.85. The number of anilines is 1. The summed E-state index contributed by atoms with van der Waals surface area (Å²) in [6.07, 6.45) is 1.62. The van der Waals surface area contributed by atoms with Gasteiger partial charge in [0.2, 0.25) is 0 Å². The van der Waals surface area contributed by atoms with Crippen molar-refractivity contribution in [2.75, 3.05) is 19.4 Å². The van der Waals surface area contributed by atoms with Crippen molar-refractivity contribution in [3.63, 3.8) is 0 Å². The second kappa shape index (κ2) is 6.35. The van der Waals surface area contributed by atoms with Gasteiger partial charge < -0.3 is 19.8 Å². The Morgan fingerprint density at radius 2 is 2.14 bits per heavy atom. The van der Waals surface area contributed by atoms with E-state index in [0.29, 0.717) is 30.2 Å². The molecule has 0 unspecified atom stereocenters. The van der Waals surface area contributed by atoms with Crippen LogP contribution in [0.2, 0.25) is 0 Å². The van der Waals surface area contributed by atoms with Gasteiger partial charge in [-0.25, -0.2) is 0 Å². The van der Waals surface area contributed by atoms with E-state index < -0.39 is 0 Å². The molecule has 0 fully saturated rings. The molecule has 5 nitrogen and oxygen atoms in total. The van der Waals surface area contributed by atoms with Crippen molar-refractivity contribution in [1.82, 2.24) is 4.90 Å². The molecular weight excluding hydrogens is 268 g/mol. The van der Waals surface area contributed by atoms with Gasteiger partial charge in [0.15, 0.2) is 0 Å². The van der Waals surface area contributed by atoms with Gasteiger partial charge in [0.1, 0.15) is 11.5 Å². The highest BCUT2D eigenvalue weighted by atomic mass is 16.5. The van der Waals surface area contributed by atoms with E-state index in [1.807, 2.05) is 19.9 Å². The standard InChI is InChI=1S/C16H20N2O3/c1-4-20-15-6-5-12(9-14(15)17)16(19)18(3)10-13-7-8-21-11(13)2/h5-9H,4,10,17H2,1-3H3. The van der Waals surface area contributed by atoms with E-state index in [0.717, 1.165) is 11.3 Å². The molecule has 2 aromatic rings. The number of amides is 1. The third kappa shape index (κ3) is 3.37. The van der Waals surface area contributed by atoms with Crippen LogP contribution in [0, 0.1) is 6.92 Å². The summed E-state index contributed by atoms with van der Waals surface area (Å²) >= 11 is 0. The smallest absolute Gasteiger partial charge is 0.253 e. The number of nitrogens with zero attached hydrogens (tertiary/aromatic N) is 1. The minimum absolute atomic E-state index is 0.0923. The molecule has 0 saturated heterocycles. The number of ether oxygens (including phenoxy) is 1. The molecule has 2 rings (SSSR count). The monoisotopic (exact) mass is 288 g/mol. The van der Waals surface area contributed by atoms with Crippen molar-refractivity contribution in [3.8, 4) is 5.75 Å². The van der Waals surface area contributed by atoms with Gasteiger partial charge in [-0.3, -0.25) is 4.79 Å². The van der Waals surface area contributed by atoms with Crippen LogP contribution in [-0.4, -0.2) is 24.5 Å². The Bertz CT molecular complexity index is 634. The first-order chi connectivity index (χ1) is 10.0. The van der Waals surface area contributed by atoms with Crippen LogP contribution in [0.3, 0.4) is 0 Å². The van der Waals surface area contributed by atoms with Crippen LogP contribution in [0.5, 0.6) is 5.75 Å². The molecule has 112 valence electrons. The maximum atomic E-state index is 12.4. The van der Waals surface area contributed by atoms with Crippen LogP contribution < -0.4 is 10.5 Å². The molecule has 0 aliphatic heterocycles. The lowest BCUT2D eigenvalue weighted by molar-refractivity contribution is 0.0784. The summed E-state index contributed by atoms with van der Waals surface area (Å²) in [5.74, 6) is 1.33. The Kier molecular flexibility index (Phi) is 4.52. The molecule has 21 heavy (non-hydrogen) atoms. The number of hydrogen-bond acceptors (Lipinski definition) is 4. The highest BCUT2D eigenvalue weighted by molar-refractivity contribution is 5.95. The number of hydrogen-bond donors (Lipinski definition) is 1. The average molecular weight is 288 g/mol. The van der Waals surface area contributed by atoms with Crippen molar-refractivity contribution in [2.45, 2.75) is 20.4 Å². The first kappa shape index (κ1) is 15.0. The number of rotatable bonds is 5. The van der Waals surface area contributed by atoms with Crippen LogP contribution in [0.25, 0.3) is 0 Å². The highest BCUT2D eigenvalue weighted by Gasteiger charge is 2.15. The molecule has 1 aromatic heterocycles. The normalized spacial score (nSPS) is 10.4. The summed E-state index contributed by atoms with van der Waals surface area (Å²) in [4.78, 5) is 14.0. The number of furan rings is 1. The Labute approximate surface area is 124 Å². The molecule has 0 spiro atoms. The Balaban J connectivity index is 2.12. The van der Waals surface area contributed by atoms with Gasteiger partial charge in [-0.15, -0.1) is 0 Å². The minimum atomic E-state index is -0.0923. The van der Waals surface area contributed by atoms with Gasteiger partial charge in [0.05, 0.1) is 18.6 Å². The van der Waals surface area contributed by atoms with Crippen molar-refractivity contribution < 1.29 is 13.9 Å². The van der Waals surface area contributed by atoms with E-state index in [1.54, 1.807) is 36.4 Å². The van der Waals surface area contributed by atoms with Gasteiger partial charge in [-0.05, 0) is 38.1 Å². The van der Waals surface area contributed by atoms with E-state index >= 15 is 0 Å². The van der Waals surface area contributed by atoms with Crippen LogP contribution in [0.1, 0.15) is 28.6 Å². The molecule has 0 saturated carbocycles. The number of nitrogens with two attached hydrogens (primary N) is 1. The number of benzene rings is 1. The lowest BCUT2D eigenvalue weighted by Crippen LogP contribution is -2.26. The Morgan fingerprint density at radius 3 is 2.71 bits per heavy atom. The van der Waals surface area contributed by atoms with Gasteiger partial charge in [-0.1, -0.05) is 0 Å². The fraction of sp³-hybridized carbons (Fsp3) is 0.312. The summed E-state index contributed by atoms with van der Waals surface area (Å²) in [6.45, 7) is 4.80. The molecule has 1 heterocycles. The molecule has 0 aliphatic carbocycles.